The van der Waals surface area contributed by atoms with E-state index in [0.717, 1.165) is 30.6 Å². The summed E-state index contributed by atoms with van der Waals surface area (Å²) in [7, 11) is 0. The normalized spacial score (nSPS) is 23.1. The second kappa shape index (κ2) is 6.96. The molecule has 0 aromatic heterocycles. The second-order valence-corrected chi connectivity index (χ2v) is 6.00. The molecule has 19 heavy (non-hydrogen) atoms. The Hall–Kier alpha value is -1.00. The number of benzene rings is 1. The summed E-state index contributed by atoms with van der Waals surface area (Å²) in [4.78, 5) is 13.1. The minimum absolute atomic E-state index is 0.0206. The lowest BCUT2D eigenvalue weighted by Crippen LogP contribution is -2.32. The van der Waals surface area contributed by atoms with Gasteiger partial charge in [0.1, 0.15) is 0 Å². The SMILES string of the molecule is CSc1ccc(C(=O)NCC2CCCC(O)C2)cc1. The van der Waals surface area contributed by atoms with Crippen LogP contribution in [0.25, 0.3) is 0 Å². The predicted molar refractivity (Wildman–Crippen MR) is 78.5 cm³/mol. The molecule has 2 atom stereocenters. The van der Waals surface area contributed by atoms with Crippen molar-refractivity contribution < 1.29 is 9.90 Å². The third-order valence-electron chi connectivity index (χ3n) is 3.66. The van der Waals surface area contributed by atoms with Crippen molar-refractivity contribution >= 4 is 17.7 Å². The Morgan fingerprint density at radius 1 is 1.37 bits per heavy atom. The first-order valence-corrected chi connectivity index (χ1v) is 8.02. The fraction of sp³-hybridized carbons (Fsp3) is 0.533. The zero-order valence-corrected chi connectivity index (χ0v) is 12.1. The van der Waals surface area contributed by atoms with Crippen LogP contribution in [0.4, 0.5) is 0 Å². The van der Waals surface area contributed by atoms with Gasteiger partial charge < -0.3 is 10.4 Å². The van der Waals surface area contributed by atoms with Crippen molar-refractivity contribution in [2.24, 2.45) is 5.92 Å². The molecule has 0 spiro atoms. The number of aliphatic hydroxyl groups excluding tert-OH is 1. The molecule has 0 bridgehead atoms. The first-order chi connectivity index (χ1) is 9.19. The minimum atomic E-state index is -0.184. The van der Waals surface area contributed by atoms with Gasteiger partial charge in [0.2, 0.25) is 0 Å². The Morgan fingerprint density at radius 2 is 2.11 bits per heavy atom. The molecular weight excluding hydrogens is 258 g/mol. The van der Waals surface area contributed by atoms with Crippen LogP contribution in [0, 0.1) is 5.92 Å². The smallest absolute Gasteiger partial charge is 0.251 e. The first kappa shape index (κ1) is 14.4. The highest BCUT2D eigenvalue weighted by Gasteiger charge is 2.20. The summed E-state index contributed by atoms with van der Waals surface area (Å²) in [5.74, 6) is 0.394. The van der Waals surface area contributed by atoms with Gasteiger partial charge in [0.25, 0.3) is 5.91 Å². The summed E-state index contributed by atoms with van der Waals surface area (Å²) in [5, 5.41) is 12.6. The molecule has 0 radical (unpaired) electrons. The summed E-state index contributed by atoms with van der Waals surface area (Å²) in [6.45, 7) is 0.667. The van der Waals surface area contributed by atoms with Crippen LogP contribution < -0.4 is 5.32 Å². The van der Waals surface area contributed by atoms with Crippen LogP contribution >= 0.6 is 11.8 Å². The van der Waals surface area contributed by atoms with E-state index in [1.807, 2.05) is 30.5 Å². The Morgan fingerprint density at radius 3 is 2.74 bits per heavy atom. The molecule has 4 heteroatoms. The van der Waals surface area contributed by atoms with Crippen LogP contribution in [0.3, 0.4) is 0 Å². The highest BCUT2D eigenvalue weighted by atomic mass is 32.2. The molecule has 2 rings (SSSR count). The third kappa shape index (κ3) is 4.25. The Balaban J connectivity index is 1.83. The van der Waals surface area contributed by atoms with Crippen molar-refractivity contribution in [3.8, 4) is 0 Å². The quantitative estimate of drug-likeness (QED) is 0.833. The molecule has 104 valence electrons. The molecule has 1 fully saturated rings. The number of thioether (sulfide) groups is 1. The van der Waals surface area contributed by atoms with E-state index in [0.29, 0.717) is 18.0 Å². The number of carbonyl (C=O) groups excluding carboxylic acids is 1. The van der Waals surface area contributed by atoms with Crippen LogP contribution in [-0.2, 0) is 0 Å². The summed E-state index contributed by atoms with van der Waals surface area (Å²) in [6, 6.07) is 7.64. The predicted octanol–water partition coefficient (Wildman–Crippen LogP) is 2.69. The van der Waals surface area contributed by atoms with E-state index in [-0.39, 0.29) is 12.0 Å². The Bertz CT molecular complexity index is 419. The van der Waals surface area contributed by atoms with Gasteiger partial charge >= 0.3 is 0 Å². The number of aliphatic hydroxyl groups is 1. The van der Waals surface area contributed by atoms with Gasteiger partial charge in [-0.05, 0) is 55.7 Å². The average Bonchev–Trinajstić information content (AvgIpc) is 2.45. The van der Waals surface area contributed by atoms with E-state index in [2.05, 4.69) is 5.32 Å². The van der Waals surface area contributed by atoms with Crippen molar-refractivity contribution in [1.82, 2.24) is 5.32 Å². The minimum Gasteiger partial charge on any atom is -0.393 e. The molecule has 2 N–H and O–H groups in total. The van der Waals surface area contributed by atoms with E-state index in [9.17, 15) is 9.90 Å². The van der Waals surface area contributed by atoms with Crippen molar-refractivity contribution in [1.29, 1.82) is 0 Å². The van der Waals surface area contributed by atoms with E-state index in [1.54, 1.807) is 11.8 Å². The van der Waals surface area contributed by atoms with E-state index in [4.69, 9.17) is 0 Å². The number of rotatable bonds is 4. The maximum absolute atomic E-state index is 12.0. The number of hydrogen-bond donors (Lipinski definition) is 2. The Kier molecular flexibility index (Phi) is 5.28. The maximum atomic E-state index is 12.0. The molecule has 2 unspecified atom stereocenters. The summed E-state index contributed by atoms with van der Waals surface area (Å²) >= 11 is 1.67. The van der Waals surface area contributed by atoms with Crippen LogP contribution in [0.15, 0.2) is 29.2 Å². The average molecular weight is 279 g/mol. The molecule has 1 aromatic carbocycles. The fourth-order valence-corrected chi connectivity index (χ4v) is 2.94. The highest BCUT2D eigenvalue weighted by molar-refractivity contribution is 7.98. The van der Waals surface area contributed by atoms with Gasteiger partial charge in [-0.25, -0.2) is 0 Å². The van der Waals surface area contributed by atoms with Gasteiger partial charge in [0.05, 0.1) is 6.10 Å². The number of hydrogen-bond acceptors (Lipinski definition) is 3. The zero-order valence-electron chi connectivity index (χ0n) is 11.3. The Labute approximate surface area is 118 Å². The van der Waals surface area contributed by atoms with Gasteiger partial charge in [-0.3, -0.25) is 4.79 Å². The molecular formula is C15H21NO2S. The molecule has 1 aromatic rings. The standard InChI is InChI=1S/C15H21NO2S/c1-19-14-7-5-12(6-8-14)15(18)16-10-11-3-2-4-13(17)9-11/h5-8,11,13,17H,2-4,9-10H2,1H3,(H,16,18). The fourth-order valence-electron chi connectivity index (χ4n) is 2.53. The monoisotopic (exact) mass is 279 g/mol. The molecule has 0 heterocycles. The van der Waals surface area contributed by atoms with Crippen LogP contribution in [0.2, 0.25) is 0 Å². The van der Waals surface area contributed by atoms with Crippen LogP contribution in [0.1, 0.15) is 36.0 Å². The van der Waals surface area contributed by atoms with Gasteiger partial charge in [-0.15, -0.1) is 11.8 Å². The molecule has 0 saturated heterocycles. The van der Waals surface area contributed by atoms with Crippen molar-refractivity contribution in [2.75, 3.05) is 12.8 Å². The molecule has 1 aliphatic rings. The molecule has 3 nitrogen and oxygen atoms in total. The van der Waals surface area contributed by atoms with Gasteiger partial charge in [0.15, 0.2) is 0 Å². The van der Waals surface area contributed by atoms with Crippen LogP contribution in [0.5, 0.6) is 0 Å². The van der Waals surface area contributed by atoms with Gasteiger partial charge in [-0.1, -0.05) is 6.42 Å². The summed E-state index contributed by atoms with van der Waals surface area (Å²) < 4.78 is 0. The number of nitrogens with one attached hydrogen (secondary N) is 1. The summed E-state index contributed by atoms with van der Waals surface area (Å²) in [6.07, 6.45) is 5.71. The molecule has 1 aliphatic carbocycles. The van der Waals surface area contributed by atoms with E-state index in [1.165, 1.54) is 0 Å². The van der Waals surface area contributed by atoms with Crippen molar-refractivity contribution in [3.05, 3.63) is 29.8 Å². The lowest BCUT2D eigenvalue weighted by molar-refractivity contribution is 0.0874. The lowest BCUT2D eigenvalue weighted by Gasteiger charge is -2.25. The molecule has 1 saturated carbocycles. The highest BCUT2D eigenvalue weighted by Crippen LogP contribution is 2.23. The number of amides is 1. The largest absolute Gasteiger partial charge is 0.393 e. The zero-order chi connectivity index (χ0) is 13.7. The topological polar surface area (TPSA) is 49.3 Å². The number of carbonyl (C=O) groups is 1. The molecule has 0 aliphatic heterocycles. The first-order valence-electron chi connectivity index (χ1n) is 6.79. The lowest BCUT2D eigenvalue weighted by atomic mass is 9.87. The van der Waals surface area contributed by atoms with Crippen LogP contribution in [-0.4, -0.2) is 29.9 Å². The third-order valence-corrected chi connectivity index (χ3v) is 4.40. The summed E-state index contributed by atoms with van der Waals surface area (Å²) in [5.41, 5.74) is 0.703. The second-order valence-electron chi connectivity index (χ2n) is 5.12. The van der Waals surface area contributed by atoms with Crippen molar-refractivity contribution in [2.45, 2.75) is 36.7 Å². The maximum Gasteiger partial charge on any atom is 0.251 e. The van der Waals surface area contributed by atoms with Crippen molar-refractivity contribution in [3.63, 3.8) is 0 Å². The van der Waals surface area contributed by atoms with E-state index < -0.39 is 0 Å². The molecule has 1 amide bonds. The van der Waals surface area contributed by atoms with Gasteiger partial charge in [0, 0.05) is 17.0 Å². The van der Waals surface area contributed by atoms with E-state index >= 15 is 0 Å². The van der Waals surface area contributed by atoms with Gasteiger partial charge in [-0.2, -0.15) is 0 Å².